The van der Waals surface area contributed by atoms with Gasteiger partial charge in [-0.15, -0.1) is 0 Å². The smallest absolute Gasteiger partial charge is 0.343 e. The average molecular weight is 541 g/mol. The third-order valence-electron chi connectivity index (χ3n) is 5.85. The summed E-state index contributed by atoms with van der Waals surface area (Å²) in [4.78, 5) is 40.9. The van der Waals surface area contributed by atoms with Crippen molar-refractivity contribution in [2.45, 2.75) is 13.5 Å². The van der Waals surface area contributed by atoms with E-state index in [0.717, 1.165) is 5.56 Å². The molecule has 0 radical (unpaired) electrons. The van der Waals surface area contributed by atoms with Crippen molar-refractivity contribution >= 4 is 29.2 Å². The fourth-order valence-corrected chi connectivity index (χ4v) is 3.95. The molecule has 5 aromatic rings. The number of anilines is 1. The van der Waals surface area contributed by atoms with Crippen LogP contribution in [0.3, 0.4) is 0 Å². The minimum Gasteiger partial charge on any atom is -0.486 e. The monoisotopic (exact) mass is 540 g/mol. The Morgan fingerprint density at radius 3 is 2.60 bits per heavy atom. The van der Waals surface area contributed by atoms with Gasteiger partial charge in [-0.1, -0.05) is 12.1 Å². The van der Waals surface area contributed by atoms with Gasteiger partial charge in [0.05, 0.1) is 31.2 Å². The van der Waals surface area contributed by atoms with Gasteiger partial charge in [-0.2, -0.15) is 5.10 Å². The number of nitrogens with zero attached hydrogens (tertiary/aromatic N) is 3. The van der Waals surface area contributed by atoms with E-state index < -0.39 is 17.8 Å². The van der Waals surface area contributed by atoms with Crippen molar-refractivity contribution in [2.24, 2.45) is 0 Å². The fraction of sp³-hybridized carbons (Fsp3) is 0.138. The van der Waals surface area contributed by atoms with Gasteiger partial charge in [0.15, 0.2) is 11.4 Å². The molecule has 202 valence electrons. The van der Waals surface area contributed by atoms with Crippen molar-refractivity contribution in [3.63, 3.8) is 0 Å². The van der Waals surface area contributed by atoms with Gasteiger partial charge in [0, 0.05) is 17.4 Å². The van der Waals surface area contributed by atoms with Crippen LogP contribution in [0.15, 0.2) is 83.5 Å². The largest absolute Gasteiger partial charge is 0.486 e. The fourth-order valence-electron chi connectivity index (χ4n) is 3.95. The number of fused-ring (bicyclic) bond motifs is 1. The van der Waals surface area contributed by atoms with Gasteiger partial charge in [0.2, 0.25) is 0 Å². The van der Waals surface area contributed by atoms with Crippen LogP contribution in [0.25, 0.3) is 16.9 Å². The number of hydrogen-bond acceptors (Lipinski definition) is 9. The molecule has 0 spiro atoms. The summed E-state index contributed by atoms with van der Waals surface area (Å²) in [5.74, 6) is -0.271. The highest BCUT2D eigenvalue weighted by molar-refractivity contribution is 6.02. The summed E-state index contributed by atoms with van der Waals surface area (Å²) in [7, 11) is 1.32. The van der Waals surface area contributed by atoms with Gasteiger partial charge < -0.3 is 23.9 Å². The van der Waals surface area contributed by atoms with Crippen LogP contribution in [0, 0.1) is 0 Å². The van der Waals surface area contributed by atoms with E-state index in [4.69, 9.17) is 13.9 Å². The van der Waals surface area contributed by atoms with Gasteiger partial charge >= 0.3 is 11.9 Å². The predicted octanol–water partition coefficient (Wildman–Crippen LogP) is 4.78. The van der Waals surface area contributed by atoms with Crippen LogP contribution < -0.4 is 10.1 Å². The van der Waals surface area contributed by atoms with Crippen molar-refractivity contribution < 1.29 is 33.0 Å². The van der Waals surface area contributed by atoms with Crippen LogP contribution in [0.4, 0.5) is 5.69 Å². The van der Waals surface area contributed by atoms with E-state index in [1.807, 2.05) is 6.07 Å². The number of benzene rings is 2. The van der Waals surface area contributed by atoms with Crippen LogP contribution in [0.5, 0.6) is 5.75 Å². The van der Waals surface area contributed by atoms with Gasteiger partial charge in [0.1, 0.15) is 23.7 Å². The minimum atomic E-state index is -0.497. The number of ether oxygens (including phenoxy) is 3. The van der Waals surface area contributed by atoms with Crippen LogP contribution in [0.2, 0.25) is 0 Å². The van der Waals surface area contributed by atoms with Crippen molar-refractivity contribution in [3.8, 4) is 17.0 Å². The first kappa shape index (κ1) is 26.2. The lowest BCUT2D eigenvalue weighted by Crippen LogP contribution is -2.11. The van der Waals surface area contributed by atoms with Crippen LogP contribution in [0.1, 0.15) is 44.0 Å². The van der Waals surface area contributed by atoms with E-state index >= 15 is 0 Å². The number of methoxy groups -OCH3 is 1. The summed E-state index contributed by atoms with van der Waals surface area (Å²) in [5, 5.41) is 7.14. The summed E-state index contributed by atoms with van der Waals surface area (Å²) in [6.45, 7) is 2.07. The molecule has 0 unspecified atom stereocenters. The zero-order valence-electron chi connectivity index (χ0n) is 21.6. The first-order chi connectivity index (χ1) is 19.5. The number of hydrogen-bond donors (Lipinski definition) is 1. The SMILES string of the molecule is CCOC(=O)c1cnn2c(-c3cccc(NC(=O)c4ccc(COc5ccc(C(=O)OC)cc5)o4)c3)ccnc12. The Bertz CT molecular complexity index is 1690. The third kappa shape index (κ3) is 5.53. The number of carbonyl (C=O) groups is 3. The number of aromatic nitrogens is 3. The second kappa shape index (κ2) is 11.5. The van der Waals surface area contributed by atoms with E-state index in [9.17, 15) is 14.4 Å². The minimum absolute atomic E-state index is 0.0933. The number of esters is 2. The molecule has 40 heavy (non-hydrogen) atoms. The molecule has 1 amide bonds. The molecule has 5 rings (SSSR count). The molecule has 0 aliphatic heterocycles. The molecule has 0 saturated carbocycles. The summed E-state index contributed by atoms with van der Waals surface area (Å²) in [5.41, 5.74) is 3.00. The average Bonchev–Trinajstić information content (AvgIpc) is 3.64. The van der Waals surface area contributed by atoms with Crippen molar-refractivity contribution in [1.29, 1.82) is 0 Å². The summed E-state index contributed by atoms with van der Waals surface area (Å²) >= 11 is 0. The molecule has 11 heteroatoms. The van der Waals surface area contributed by atoms with Gasteiger partial charge in [-0.3, -0.25) is 4.79 Å². The van der Waals surface area contributed by atoms with Crippen LogP contribution in [-0.4, -0.2) is 46.2 Å². The molecule has 3 heterocycles. The lowest BCUT2D eigenvalue weighted by molar-refractivity contribution is 0.0527. The van der Waals surface area contributed by atoms with E-state index in [1.165, 1.54) is 13.3 Å². The number of amides is 1. The highest BCUT2D eigenvalue weighted by Gasteiger charge is 2.18. The lowest BCUT2D eigenvalue weighted by atomic mass is 10.1. The predicted molar refractivity (Wildman–Crippen MR) is 143 cm³/mol. The second-order valence-corrected chi connectivity index (χ2v) is 8.45. The molecular formula is C29H24N4O7. The Hall–Kier alpha value is -5.45. The molecule has 0 fully saturated rings. The van der Waals surface area contributed by atoms with Crippen LogP contribution in [-0.2, 0) is 16.1 Å². The molecule has 0 aliphatic rings. The van der Waals surface area contributed by atoms with Gasteiger partial charge in [-0.25, -0.2) is 19.1 Å². The molecule has 11 nitrogen and oxygen atoms in total. The van der Waals surface area contributed by atoms with Crippen molar-refractivity contribution in [3.05, 3.63) is 102 Å². The van der Waals surface area contributed by atoms with Gasteiger partial charge in [-0.05, 0) is 61.5 Å². The summed E-state index contributed by atoms with van der Waals surface area (Å²) in [6.07, 6.45) is 3.01. The summed E-state index contributed by atoms with van der Waals surface area (Å²) in [6, 6.07) is 18.6. The zero-order valence-corrected chi connectivity index (χ0v) is 21.6. The Labute approximate surface area is 228 Å². The number of nitrogens with one attached hydrogen (secondary N) is 1. The molecule has 0 saturated heterocycles. The Morgan fingerprint density at radius 2 is 1.82 bits per heavy atom. The number of furan rings is 1. The molecule has 0 bridgehead atoms. The Kier molecular flexibility index (Phi) is 7.54. The first-order valence-electron chi connectivity index (χ1n) is 12.3. The van der Waals surface area contributed by atoms with Crippen LogP contribution >= 0.6 is 0 Å². The molecule has 2 aromatic carbocycles. The molecular weight excluding hydrogens is 516 g/mol. The highest BCUT2D eigenvalue weighted by Crippen LogP contribution is 2.25. The van der Waals surface area contributed by atoms with E-state index in [1.54, 1.807) is 78.3 Å². The normalized spacial score (nSPS) is 10.8. The lowest BCUT2D eigenvalue weighted by Gasteiger charge is -2.08. The number of carbonyl (C=O) groups excluding carboxylic acids is 3. The maximum Gasteiger partial charge on any atom is 0.343 e. The quantitative estimate of drug-likeness (QED) is 0.262. The Morgan fingerprint density at radius 1 is 1.00 bits per heavy atom. The summed E-state index contributed by atoms with van der Waals surface area (Å²) < 4.78 is 22.7. The van der Waals surface area contributed by atoms with E-state index in [2.05, 4.69) is 20.1 Å². The molecule has 0 atom stereocenters. The van der Waals surface area contributed by atoms with E-state index in [-0.39, 0.29) is 24.5 Å². The maximum atomic E-state index is 12.9. The molecule has 3 aromatic heterocycles. The van der Waals surface area contributed by atoms with Crippen molar-refractivity contribution in [1.82, 2.24) is 14.6 Å². The third-order valence-corrected chi connectivity index (χ3v) is 5.85. The van der Waals surface area contributed by atoms with E-state index in [0.29, 0.717) is 34.1 Å². The standard InChI is InChI=1S/C29H24N4O7/c1-3-38-29(36)23-16-31-33-24(13-14-30-26(23)33)19-5-4-6-20(15-19)32-27(34)25-12-11-22(40-25)17-39-21-9-7-18(8-10-21)28(35)37-2/h4-16H,3,17H2,1-2H3,(H,32,34). The van der Waals surface area contributed by atoms with Gasteiger partial charge in [0.25, 0.3) is 5.91 Å². The maximum absolute atomic E-state index is 12.9. The molecule has 0 aliphatic carbocycles. The molecule has 1 N–H and O–H groups in total. The zero-order chi connectivity index (χ0) is 28.1. The first-order valence-corrected chi connectivity index (χ1v) is 12.3. The highest BCUT2D eigenvalue weighted by atomic mass is 16.5. The topological polar surface area (TPSA) is 134 Å². The number of rotatable bonds is 9. The second-order valence-electron chi connectivity index (χ2n) is 8.45. The van der Waals surface area contributed by atoms with Crippen molar-refractivity contribution in [2.75, 3.05) is 19.0 Å². The Balaban J connectivity index is 1.26.